The molecule has 1 amide bonds. The van der Waals surface area contributed by atoms with Gasteiger partial charge in [0.1, 0.15) is 11.8 Å². The molecular weight excluding hydrogens is 328 g/mol. The van der Waals surface area contributed by atoms with Crippen molar-refractivity contribution in [3.8, 4) is 5.75 Å². The molecule has 1 aliphatic rings. The largest absolute Gasteiger partial charge is 0.497 e. The number of pyridine rings is 1. The minimum atomic E-state index is -0.210. The van der Waals surface area contributed by atoms with Crippen molar-refractivity contribution >= 4 is 5.91 Å². The SMILES string of the molecule is COc1ccc(C2CC(C(=O)NCCCCc3ccccn3)NN2)cc1. The summed E-state index contributed by atoms with van der Waals surface area (Å²) in [5.41, 5.74) is 8.54. The second kappa shape index (κ2) is 9.31. The monoisotopic (exact) mass is 354 g/mol. The van der Waals surface area contributed by atoms with Crippen LogP contribution in [0.4, 0.5) is 0 Å². The van der Waals surface area contributed by atoms with Gasteiger partial charge in [-0.3, -0.25) is 9.78 Å². The first-order valence-corrected chi connectivity index (χ1v) is 9.09. The Balaban J connectivity index is 1.36. The van der Waals surface area contributed by atoms with Crippen LogP contribution in [0.2, 0.25) is 0 Å². The molecule has 0 spiro atoms. The van der Waals surface area contributed by atoms with E-state index >= 15 is 0 Å². The van der Waals surface area contributed by atoms with Crippen molar-refractivity contribution in [2.24, 2.45) is 0 Å². The van der Waals surface area contributed by atoms with E-state index in [0.29, 0.717) is 6.54 Å². The van der Waals surface area contributed by atoms with Crippen LogP contribution < -0.4 is 20.9 Å². The van der Waals surface area contributed by atoms with Gasteiger partial charge in [-0.25, -0.2) is 10.9 Å². The quantitative estimate of drug-likeness (QED) is 0.633. The lowest BCUT2D eigenvalue weighted by Crippen LogP contribution is -2.43. The predicted octanol–water partition coefficient (Wildman–Crippen LogP) is 2.14. The van der Waals surface area contributed by atoms with Gasteiger partial charge in [0, 0.05) is 24.5 Å². The molecule has 0 radical (unpaired) electrons. The average Bonchev–Trinajstić information content (AvgIpc) is 3.19. The van der Waals surface area contributed by atoms with E-state index in [1.807, 2.05) is 48.7 Å². The van der Waals surface area contributed by atoms with Gasteiger partial charge in [-0.05, 0) is 55.5 Å². The van der Waals surface area contributed by atoms with Crippen LogP contribution in [0.25, 0.3) is 0 Å². The molecule has 138 valence electrons. The molecule has 3 N–H and O–H groups in total. The zero-order valence-corrected chi connectivity index (χ0v) is 15.1. The molecule has 6 nitrogen and oxygen atoms in total. The van der Waals surface area contributed by atoms with E-state index < -0.39 is 0 Å². The highest BCUT2D eigenvalue weighted by Gasteiger charge is 2.29. The summed E-state index contributed by atoms with van der Waals surface area (Å²) in [6.07, 6.45) is 5.45. The lowest BCUT2D eigenvalue weighted by molar-refractivity contribution is -0.122. The van der Waals surface area contributed by atoms with E-state index in [9.17, 15) is 4.79 Å². The molecular formula is C20H26N4O2. The summed E-state index contributed by atoms with van der Waals surface area (Å²) in [7, 11) is 1.65. The number of methoxy groups -OCH3 is 1. The van der Waals surface area contributed by atoms with E-state index in [0.717, 1.165) is 42.7 Å². The molecule has 1 aromatic carbocycles. The number of hydrogen-bond donors (Lipinski definition) is 3. The standard InChI is InChI=1S/C20H26N4O2/c1-26-17-10-8-15(9-11-17)18-14-19(24-23-18)20(25)22-13-5-3-7-16-6-2-4-12-21-16/h2,4,6,8-12,18-19,23-24H,3,5,7,13-14H2,1H3,(H,22,25). The summed E-state index contributed by atoms with van der Waals surface area (Å²) in [6, 6.07) is 13.8. The number of ether oxygens (including phenoxy) is 1. The number of nitrogens with zero attached hydrogens (tertiary/aromatic N) is 1. The Morgan fingerprint density at radius 1 is 1.19 bits per heavy atom. The van der Waals surface area contributed by atoms with Crippen LogP contribution >= 0.6 is 0 Å². The zero-order chi connectivity index (χ0) is 18.2. The summed E-state index contributed by atoms with van der Waals surface area (Å²) >= 11 is 0. The van der Waals surface area contributed by atoms with E-state index in [4.69, 9.17) is 4.74 Å². The maximum atomic E-state index is 12.3. The van der Waals surface area contributed by atoms with Gasteiger partial charge in [0.15, 0.2) is 0 Å². The molecule has 3 rings (SSSR count). The summed E-state index contributed by atoms with van der Waals surface area (Å²) in [6.45, 7) is 0.692. The van der Waals surface area contributed by atoms with Gasteiger partial charge in [0.05, 0.1) is 7.11 Å². The minimum Gasteiger partial charge on any atom is -0.497 e. The highest BCUT2D eigenvalue weighted by molar-refractivity contribution is 5.82. The molecule has 2 heterocycles. The van der Waals surface area contributed by atoms with Gasteiger partial charge >= 0.3 is 0 Å². The van der Waals surface area contributed by atoms with Crippen LogP contribution in [-0.4, -0.2) is 30.6 Å². The second-order valence-electron chi connectivity index (χ2n) is 6.47. The number of carbonyl (C=O) groups is 1. The Labute approximate surface area is 154 Å². The fourth-order valence-electron chi connectivity index (χ4n) is 3.09. The molecule has 2 atom stereocenters. The molecule has 26 heavy (non-hydrogen) atoms. The second-order valence-corrected chi connectivity index (χ2v) is 6.47. The molecule has 1 fully saturated rings. The number of hydrazine groups is 1. The minimum absolute atomic E-state index is 0.0475. The van der Waals surface area contributed by atoms with Crippen LogP contribution in [0, 0.1) is 0 Å². The number of unbranched alkanes of at least 4 members (excludes halogenated alkanes) is 1. The van der Waals surface area contributed by atoms with Crippen molar-refractivity contribution in [3.63, 3.8) is 0 Å². The van der Waals surface area contributed by atoms with Gasteiger partial charge in [-0.15, -0.1) is 0 Å². The first-order valence-electron chi connectivity index (χ1n) is 9.09. The zero-order valence-electron chi connectivity index (χ0n) is 15.1. The Morgan fingerprint density at radius 2 is 2.04 bits per heavy atom. The maximum absolute atomic E-state index is 12.3. The first kappa shape index (κ1) is 18.4. The van der Waals surface area contributed by atoms with Crippen molar-refractivity contribution < 1.29 is 9.53 Å². The molecule has 0 saturated carbocycles. The maximum Gasteiger partial charge on any atom is 0.238 e. The number of hydrogen-bond acceptors (Lipinski definition) is 5. The number of aryl methyl sites for hydroxylation is 1. The first-order chi connectivity index (χ1) is 12.8. The fraction of sp³-hybridized carbons (Fsp3) is 0.400. The third-order valence-corrected chi connectivity index (χ3v) is 4.62. The summed E-state index contributed by atoms with van der Waals surface area (Å²) in [5, 5.41) is 3.02. The van der Waals surface area contributed by atoms with Crippen LogP contribution in [-0.2, 0) is 11.2 Å². The number of aromatic nitrogens is 1. The number of amides is 1. The third-order valence-electron chi connectivity index (χ3n) is 4.62. The molecule has 0 bridgehead atoms. The Bertz CT molecular complexity index is 691. The smallest absolute Gasteiger partial charge is 0.238 e. The van der Waals surface area contributed by atoms with Crippen molar-refractivity contribution in [1.82, 2.24) is 21.2 Å². The topological polar surface area (TPSA) is 75.3 Å². The summed E-state index contributed by atoms with van der Waals surface area (Å²) < 4.78 is 5.18. The lowest BCUT2D eigenvalue weighted by atomic mass is 10.0. The highest BCUT2D eigenvalue weighted by atomic mass is 16.5. The van der Waals surface area contributed by atoms with Crippen LogP contribution in [0.1, 0.15) is 36.6 Å². The van der Waals surface area contributed by atoms with E-state index in [1.165, 1.54) is 0 Å². The normalized spacial score (nSPS) is 19.3. The molecule has 1 saturated heterocycles. The number of carbonyl (C=O) groups excluding carboxylic acids is 1. The molecule has 2 aromatic rings. The van der Waals surface area contributed by atoms with Gasteiger partial charge in [-0.1, -0.05) is 18.2 Å². The summed E-state index contributed by atoms with van der Waals surface area (Å²) in [5.74, 6) is 0.881. The molecule has 1 aromatic heterocycles. The van der Waals surface area contributed by atoms with Crippen LogP contribution in [0.15, 0.2) is 48.7 Å². The number of benzene rings is 1. The predicted molar refractivity (Wildman–Crippen MR) is 101 cm³/mol. The van der Waals surface area contributed by atoms with Gasteiger partial charge in [0.2, 0.25) is 5.91 Å². The van der Waals surface area contributed by atoms with E-state index in [1.54, 1.807) is 7.11 Å². The van der Waals surface area contributed by atoms with Gasteiger partial charge < -0.3 is 10.1 Å². The van der Waals surface area contributed by atoms with E-state index in [-0.39, 0.29) is 18.0 Å². The fourth-order valence-corrected chi connectivity index (χ4v) is 3.09. The van der Waals surface area contributed by atoms with Crippen molar-refractivity contribution in [1.29, 1.82) is 0 Å². The van der Waals surface area contributed by atoms with E-state index in [2.05, 4.69) is 21.2 Å². The molecule has 6 heteroatoms. The Hall–Kier alpha value is -2.44. The van der Waals surface area contributed by atoms with Crippen LogP contribution in [0.5, 0.6) is 5.75 Å². The number of nitrogens with one attached hydrogen (secondary N) is 3. The molecule has 1 aliphatic heterocycles. The van der Waals surface area contributed by atoms with Crippen molar-refractivity contribution in [3.05, 3.63) is 59.9 Å². The van der Waals surface area contributed by atoms with Crippen LogP contribution in [0.3, 0.4) is 0 Å². The van der Waals surface area contributed by atoms with Gasteiger partial charge in [-0.2, -0.15) is 0 Å². The third kappa shape index (κ3) is 5.03. The average molecular weight is 354 g/mol. The number of rotatable bonds is 8. The van der Waals surface area contributed by atoms with Gasteiger partial charge in [0.25, 0.3) is 0 Å². The highest BCUT2D eigenvalue weighted by Crippen LogP contribution is 2.24. The molecule has 0 aliphatic carbocycles. The molecule has 2 unspecified atom stereocenters. The summed E-state index contributed by atoms with van der Waals surface area (Å²) in [4.78, 5) is 16.6. The lowest BCUT2D eigenvalue weighted by Gasteiger charge is -2.11. The Morgan fingerprint density at radius 3 is 2.77 bits per heavy atom. The van der Waals surface area contributed by atoms with Crippen molar-refractivity contribution in [2.75, 3.05) is 13.7 Å². The Kier molecular flexibility index (Phi) is 6.57. The van der Waals surface area contributed by atoms with Crippen molar-refractivity contribution in [2.45, 2.75) is 37.8 Å².